The molecule has 3 N–H and O–H groups in total. The van der Waals surface area contributed by atoms with Crippen molar-refractivity contribution in [3.8, 4) is 11.8 Å². The number of aryl methyl sites for hydroxylation is 1. The van der Waals surface area contributed by atoms with Gasteiger partial charge in [-0.1, -0.05) is 11.8 Å². The molecule has 1 aromatic carbocycles. The van der Waals surface area contributed by atoms with Gasteiger partial charge in [-0.05, 0) is 25.1 Å². The van der Waals surface area contributed by atoms with Crippen LogP contribution in [-0.2, 0) is 6.54 Å². The molecule has 0 radical (unpaired) electrons. The van der Waals surface area contributed by atoms with Gasteiger partial charge in [0.1, 0.15) is 11.5 Å². The Balaban J connectivity index is 2.07. The number of nitrogens with zero attached hydrogens (tertiary/aromatic N) is 1. The Kier molecular flexibility index (Phi) is 5.04. The van der Waals surface area contributed by atoms with Crippen LogP contribution in [0.15, 0.2) is 23.6 Å². The molecule has 2 aromatic rings. The van der Waals surface area contributed by atoms with Crippen molar-refractivity contribution >= 4 is 17.2 Å². The zero-order valence-corrected chi connectivity index (χ0v) is 12.3. The molecule has 0 aliphatic rings. The summed E-state index contributed by atoms with van der Waals surface area (Å²) in [4.78, 5) is 15.9. The maximum absolute atomic E-state index is 13.7. The van der Waals surface area contributed by atoms with Gasteiger partial charge in [0, 0.05) is 23.1 Å². The quantitative estimate of drug-likeness (QED) is 0.850. The number of amides is 1. The molecule has 108 valence electrons. The van der Waals surface area contributed by atoms with E-state index < -0.39 is 0 Å². The molecule has 0 aliphatic heterocycles. The highest BCUT2D eigenvalue weighted by molar-refractivity contribution is 7.09. The van der Waals surface area contributed by atoms with Crippen molar-refractivity contribution in [2.24, 2.45) is 5.73 Å². The first kappa shape index (κ1) is 15.2. The summed E-state index contributed by atoms with van der Waals surface area (Å²) < 4.78 is 13.7. The minimum absolute atomic E-state index is 0.0827. The van der Waals surface area contributed by atoms with Crippen LogP contribution >= 0.6 is 11.3 Å². The van der Waals surface area contributed by atoms with Crippen LogP contribution in [-0.4, -0.2) is 17.4 Å². The smallest absolute Gasteiger partial charge is 0.271 e. The highest BCUT2D eigenvalue weighted by Crippen LogP contribution is 2.11. The predicted molar refractivity (Wildman–Crippen MR) is 80.4 cm³/mol. The Bertz CT molecular complexity index is 715. The summed E-state index contributed by atoms with van der Waals surface area (Å²) in [6.45, 7) is 2.15. The van der Waals surface area contributed by atoms with Gasteiger partial charge in [-0.25, -0.2) is 9.37 Å². The first-order chi connectivity index (χ1) is 10.1. The number of benzene rings is 1. The van der Waals surface area contributed by atoms with Crippen LogP contribution in [0, 0.1) is 24.6 Å². The minimum atomic E-state index is -0.386. The number of halogens is 1. The topological polar surface area (TPSA) is 68.0 Å². The Hall–Kier alpha value is -2.23. The van der Waals surface area contributed by atoms with E-state index in [1.807, 2.05) is 6.92 Å². The molecule has 0 fully saturated rings. The molecule has 0 unspecified atom stereocenters. The molecule has 0 bridgehead atoms. The number of rotatable bonds is 3. The summed E-state index contributed by atoms with van der Waals surface area (Å²) in [5.74, 6) is 4.83. The molecule has 1 aromatic heterocycles. The number of nitrogens with two attached hydrogens (primary N) is 1. The standard InChI is InChI=1S/C15H14FN3OS/c1-10-19-14(9-21-10)15(20)18-8-12-7-11(3-2-6-17)4-5-13(12)16/h4-5,7,9H,6,8,17H2,1H3,(H,18,20). The number of hydrogen-bond donors (Lipinski definition) is 2. The average Bonchev–Trinajstić information content (AvgIpc) is 2.91. The maximum atomic E-state index is 13.7. The lowest BCUT2D eigenvalue weighted by Gasteiger charge is -2.05. The van der Waals surface area contributed by atoms with Gasteiger partial charge in [-0.3, -0.25) is 4.79 Å². The molecule has 21 heavy (non-hydrogen) atoms. The van der Waals surface area contributed by atoms with E-state index in [9.17, 15) is 9.18 Å². The van der Waals surface area contributed by atoms with Crippen molar-refractivity contribution < 1.29 is 9.18 Å². The molecule has 4 nitrogen and oxygen atoms in total. The van der Waals surface area contributed by atoms with E-state index in [0.29, 0.717) is 16.8 Å². The highest BCUT2D eigenvalue weighted by Gasteiger charge is 2.10. The maximum Gasteiger partial charge on any atom is 0.271 e. The summed E-state index contributed by atoms with van der Waals surface area (Å²) in [5, 5.41) is 5.13. The molecule has 1 amide bonds. The van der Waals surface area contributed by atoms with E-state index in [1.54, 1.807) is 17.5 Å². The number of hydrogen-bond acceptors (Lipinski definition) is 4. The summed E-state index contributed by atoms with van der Waals surface area (Å²) in [7, 11) is 0. The van der Waals surface area contributed by atoms with Crippen molar-refractivity contribution in [3.63, 3.8) is 0 Å². The second-order valence-electron chi connectivity index (χ2n) is 4.25. The Morgan fingerprint density at radius 1 is 1.52 bits per heavy atom. The van der Waals surface area contributed by atoms with Gasteiger partial charge in [0.2, 0.25) is 0 Å². The number of aromatic nitrogens is 1. The molecule has 1 heterocycles. The van der Waals surface area contributed by atoms with Crippen LogP contribution in [0.4, 0.5) is 4.39 Å². The molecule has 0 aliphatic carbocycles. The molecule has 0 saturated carbocycles. The third-order valence-corrected chi connectivity index (χ3v) is 3.45. The fourth-order valence-corrected chi connectivity index (χ4v) is 2.27. The zero-order chi connectivity index (χ0) is 15.2. The largest absolute Gasteiger partial charge is 0.346 e. The zero-order valence-electron chi connectivity index (χ0n) is 11.4. The van der Waals surface area contributed by atoms with Gasteiger partial charge in [-0.2, -0.15) is 0 Å². The van der Waals surface area contributed by atoms with Gasteiger partial charge in [-0.15, -0.1) is 11.3 Å². The third-order valence-electron chi connectivity index (χ3n) is 2.67. The van der Waals surface area contributed by atoms with Gasteiger partial charge in [0.05, 0.1) is 11.6 Å². The molecule has 0 atom stereocenters. The van der Waals surface area contributed by atoms with Crippen molar-refractivity contribution in [2.45, 2.75) is 13.5 Å². The normalized spacial score (nSPS) is 9.86. The Morgan fingerprint density at radius 3 is 3.00 bits per heavy atom. The fraction of sp³-hybridized carbons (Fsp3) is 0.200. The highest BCUT2D eigenvalue weighted by atomic mass is 32.1. The first-order valence-corrected chi connectivity index (χ1v) is 7.16. The molecule has 2 rings (SSSR count). The van der Waals surface area contributed by atoms with E-state index in [1.165, 1.54) is 17.4 Å². The van der Waals surface area contributed by atoms with E-state index in [4.69, 9.17) is 5.73 Å². The van der Waals surface area contributed by atoms with Crippen molar-refractivity contribution in [1.82, 2.24) is 10.3 Å². The van der Waals surface area contributed by atoms with E-state index in [2.05, 4.69) is 22.1 Å². The van der Waals surface area contributed by atoms with Crippen LogP contribution in [0.2, 0.25) is 0 Å². The Labute approximate surface area is 126 Å². The summed E-state index contributed by atoms with van der Waals surface area (Å²) in [6.07, 6.45) is 0. The lowest BCUT2D eigenvalue weighted by atomic mass is 10.1. The van der Waals surface area contributed by atoms with Gasteiger partial charge >= 0.3 is 0 Å². The number of carbonyl (C=O) groups excluding carboxylic acids is 1. The molecule has 0 spiro atoms. The number of carbonyl (C=O) groups is 1. The first-order valence-electron chi connectivity index (χ1n) is 6.28. The van der Waals surface area contributed by atoms with Crippen LogP contribution in [0.5, 0.6) is 0 Å². The van der Waals surface area contributed by atoms with E-state index in [-0.39, 0.29) is 24.8 Å². The second kappa shape index (κ2) is 6.97. The average molecular weight is 303 g/mol. The van der Waals surface area contributed by atoms with Crippen LogP contribution < -0.4 is 11.1 Å². The SMILES string of the molecule is Cc1nc(C(=O)NCc2cc(C#CCN)ccc2F)cs1. The van der Waals surface area contributed by atoms with E-state index >= 15 is 0 Å². The molecular formula is C15H14FN3OS. The molecule has 0 saturated heterocycles. The van der Waals surface area contributed by atoms with Crippen LogP contribution in [0.1, 0.15) is 26.6 Å². The predicted octanol–water partition coefficient (Wildman–Crippen LogP) is 1.83. The van der Waals surface area contributed by atoms with Crippen molar-refractivity contribution in [2.75, 3.05) is 6.54 Å². The lowest BCUT2D eigenvalue weighted by Crippen LogP contribution is -2.23. The summed E-state index contributed by atoms with van der Waals surface area (Å²) >= 11 is 1.39. The van der Waals surface area contributed by atoms with Gasteiger partial charge < -0.3 is 11.1 Å². The minimum Gasteiger partial charge on any atom is -0.346 e. The van der Waals surface area contributed by atoms with Crippen molar-refractivity contribution in [3.05, 3.63) is 51.2 Å². The summed E-state index contributed by atoms with van der Waals surface area (Å²) in [5.41, 5.74) is 6.68. The molecular weight excluding hydrogens is 289 g/mol. The molecule has 6 heteroatoms. The van der Waals surface area contributed by atoms with Crippen LogP contribution in [0.25, 0.3) is 0 Å². The number of thiazole rings is 1. The van der Waals surface area contributed by atoms with Crippen LogP contribution in [0.3, 0.4) is 0 Å². The fourth-order valence-electron chi connectivity index (χ4n) is 1.67. The Morgan fingerprint density at radius 2 is 2.33 bits per heavy atom. The lowest BCUT2D eigenvalue weighted by molar-refractivity contribution is 0.0946. The monoisotopic (exact) mass is 303 g/mol. The summed E-state index contributed by atoms with van der Waals surface area (Å²) in [6, 6.07) is 4.51. The van der Waals surface area contributed by atoms with Gasteiger partial charge in [0.15, 0.2) is 0 Å². The third kappa shape index (κ3) is 4.12. The van der Waals surface area contributed by atoms with Gasteiger partial charge in [0.25, 0.3) is 5.91 Å². The second-order valence-corrected chi connectivity index (χ2v) is 5.31. The number of nitrogens with one attached hydrogen (secondary N) is 1. The van der Waals surface area contributed by atoms with E-state index in [0.717, 1.165) is 5.01 Å². The van der Waals surface area contributed by atoms with Crippen molar-refractivity contribution in [1.29, 1.82) is 0 Å².